The first-order valence-corrected chi connectivity index (χ1v) is 9.55. The molecule has 1 unspecified atom stereocenters. The molecule has 3 rings (SSSR count). The minimum Gasteiger partial charge on any atom is -0.497 e. The van der Waals surface area contributed by atoms with E-state index in [1.165, 1.54) is 0 Å². The summed E-state index contributed by atoms with van der Waals surface area (Å²) in [6.45, 7) is 2.19. The Balaban J connectivity index is 1.76. The summed E-state index contributed by atoms with van der Waals surface area (Å²) < 4.78 is 6.88. The fraction of sp³-hybridized carbons (Fsp3) is 0.286. The standard InChI is InChI=1S/C21H24ClN5O2/c1-14-24-20(25-27(14)18-11-6-5-10-17(18)22)21(28)23-13-19(26(2)3)15-8-7-9-16(12-15)29-4/h5-12,19H,13H2,1-4H3,(H,23,28). The lowest BCUT2D eigenvalue weighted by Crippen LogP contribution is -2.35. The van der Waals surface area contributed by atoms with Crippen LogP contribution in [0.5, 0.6) is 5.75 Å². The van der Waals surface area contributed by atoms with Crippen LogP contribution >= 0.6 is 11.6 Å². The van der Waals surface area contributed by atoms with Gasteiger partial charge >= 0.3 is 0 Å². The number of aromatic nitrogens is 3. The number of ether oxygens (including phenoxy) is 1. The number of hydrogen-bond donors (Lipinski definition) is 1. The van der Waals surface area contributed by atoms with Crippen LogP contribution in [0.2, 0.25) is 5.02 Å². The summed E-state index contributed by atoms with van der Waals surface area (Å²) >= 11 is 6.24. The molecule has 0 radical (unpaired) electrons. The van der Waals surface area contributed by atoms with Crippen molar-refractivity contribution in [1.82, 2.24) is 25.0 Å². The van der Waals surface area contributed by atoms with Crippen LogP contribution in [0.15, 0.2) is 48.5 Å². The maximum absolute atomic E-state index is 12.7. The number of carbonyl (C=O) groups excluding carboxylic acids is 1. The third kappa shape index (κ3) is 4.75. The second-order valence-corrected chi connectivity index (χ2v) is 7.22. The molecule has 1 atom stereocenters. The van der Waals surface area contributed by atoms with E-state index in [1.54, 1.807) is 24.8 Å². The summed E-state index contributed by atoms with van der Waals surface area (Å²) in [6, 6.07) is 15.1. The number of methoxy groups -OCH3 is 1. The Morgan fingerprint density at radius 3 is 2.69 bits per heavy atom. The Morgan fingerprint density at radius 1 is 1.24 bits per heavy atom. The highest BCUT2D eigenvalue weighted by Crippen LogP contribution is 2.23. The van der Waals surface area contributed by atoms with Crippen molar-refractivity contribution in [2.24, 2.45) is 0 Å². The molecule has 0 fully saturated rings. The number of nitrogens with one attached hydrogen (secondary N) is 1. The first kappa shape index (κ1) is 20.8. The van der Waals surface area contributed by atoms with Crippen LogP contribution in [0.25, 0.3) is 5.69 Å². The number of hydrogen-bond acceptors (Lipinski definition) is 5. The summed E-state index contributed by atoms with van der Waals surface area (Å²) in [5, 5.41) is 7.81. The fourth-order valence-electron chi connectivity index (χ4n) is 3.05. The van der Waals surface area contributed by atoms with Gasteiger partial charge in [-0.25, -0.2) is 9.67 Å². The number of carbonyl (C=O) groups is 1. The third-order valence-corrected chi connectivity index (χ3v) is 4.93. The van der Waals surface area contributed by atoms with Gasteiger partial charge in [0.15, 0.2) is 0 Å². The van der Waals surface area contributed by atoms with Gasteiger partial charge in [0.25, 0.3) is 5.91 Å². The Labute approximate surface area is 175 Å². The lowest BCUT2D eigenvalue weighted by molar-refractivity contribution is 0.0931. The molecule has 0 aliphatic heterocycles. The lowest BCUT2D eigenvalue weighted by Gasteiger charge is -2.25. The molecule has 1 aromatic heterocycles. The number of nitrogens with zero attached hydrogens (tertiary/aromatic N) is 4. The van der Waals surface area contributed by atoms with Gasteiger partial charge in [-0.3, -0.25) is 4.79 Å². The van der Waals surface area contributed by atoms with Crippen LogP contribution in [-0.4, -0.2) is 53.3 Å². The van der Waals surface area contributed by atoms with E-state index in [0.717, 1.165) is 11.3 Å². The first-order chi connectivity index (χ1) is 13.9. The molecule has 0 spiro atoms. The van der Waals surface area contributed by atoms with Crippen molar-refractivity contribution >= 4 is 17.5 Å². The van der Waals surface area contributed by atoms with Gasteiger partial charge < -0.3 is 15.0 Å². The molecule has 3 aromatic rings. The van der Waals surface area contributed by atoms with Gasteiger partial charge in [-0.2, -0.15) is 0 Å². The highest BCUT2D eigenvalue weighted by Gasteiger charge is 2.20. The van der Waals surface area contributed by atoms with Crippen LogP contribution in [0.1, 0.15) is 28.0 Å². The number of rotatable bonds is 7. The topological polar surface area (TPSA) is 72.3 Å². The number of halogens is 1. The van der Waals surface area contributed by atoms with Crippen molar-refractivity contribution in [3.05, 3.63) is 70.8 Å². The van der Waals surface area contributed by atoms with E-state index in [2.05, 4.69) is 15.4 Å². The monoisotopic (exact) mass is 413 g/mol. The van der Waals surface area contributed by atoms with E-state index in [-0.39, 0.29) is 17.8 Å². The minimum absolute atomic E-state index is 0.0270. The van der Waals surface area contributed by atoms with Crippen molar-refractivity contribution in [1.29, 1.82) is 0 Å². The highest BCUT2D eigenvalue weighted by atomic mass is 35.5. The number of benzene rings is 2. The van der Waals surface area contributed by atoms with Crippen molar-refractivity contribution < 1.29 is 9.53 Å². The number of likely N-dealkylation sites (N-methyl/N-ethyl adjacent to an activating group) is 1. The Hall–Kier alpha value is -2.90. The largest absolute Gasteiger partial charge is 0.497 e. The molecular formula is C21H24ClN5O2. The molecule has 1 heterocycles. The molecule has 7 nitrogen and oxygen atoms in total. The Morgan fingerprint density at radius 2 is 2.00 bits per heavy atom. The first-order valence-electron chi connectivity index (χ1n) is 9.18. The van der Waals surface area contributed by atoms with Crippen molar-refractivity contribution in [3.63, 3.8) is 0 Å². The lowest BCUT2D eigenvalue weighted by atomic mass is 10.1. The molecule has 152 valence electrons. The molecule has 1 amide bonds. The summed E-state index contributed by atoms with van der Waals surface area (Å²) in [5.74, 6) is 1.12. The quantitative estimate of drug-likeness (QED) is 0.643. The van der Waals surface area contributed by atoms with Gasteiger partial charge in [0.2, 0.25) is 5.82 Å². The zero-order chi connectivity index (χ0) is 21.0. The highest BCUT2D eigenvalue weighted by molar-refractivity contribution is 6.32. The minimum atomic E-state index is -0.339. The van der Waals surface area contributed by atoms with Crippen LogP contribution < -0.4 is 10.1 Å². The van der Waals surface area contributed by atoms with Crippen LogP contribution in [-0.2, 0) is 0 Å². The Bertz CT molecular complexity index is 1000. The zero-order valence-corrected chi connectivity index (χ0v) is 17.6. The molecule has 0 aliphatic carbocycles. The predicted molar refractivity (Wildman–Crippen MR) is 113 cm³/mol. The molecule has 0 bridgehead atoms. The maximum atomic E-state index is 12.7. The number of amides is 1. The Kier molecular flexibility index (Phi) is 6.51. The number of aryl methyl sites for hydroxylation is 1. The van der Waals surface area contributed by atoms with Gasteiger partial charge in [-0.1, -0.05) is 35.9 Å². The molecule has 0 aliphatic rings. The van der Waals surface area contributed by atoms with Crippen molar-refractivity contribution in [3.8, 4) is 11.4 Å². The second-order valence-electron chi connectivity index (χ2n) is 6.81. The maximum Gasteiger partial charge on any atom is 0.291 e. The summed E-state index contributed by atoms with van der Waals surface area (Å²) in [6.07, 6.45) is 0. The van der Waals surface area contributed by atoms with E-state index < -0.39 is 0 Å². The molecule has 8 heteroatoms. The van der Waals surface area contributed by atoms with Crippen LogP contribution in [0, 0.1) is 6.92 Å². The van der Waals surface area contributed by atoms with E-state index >= 15 is 0 Å². The van der Waals surface area contributed by atoms with Gasteiger partial charge in [0.1, 0.15) is 11.6 Å². The van der Waals surface area contributed by atoms with Crippen molar-refractivity contribution in [2.75, 3.05) is 27.7 Å². The second kappa shape index (κ2) is 9.07. The smallest absolute Gasteiger partial charge is 0.291 e. The SMILES string of the molecule is COc1cccc(C(CNC(=O)c2nc(C)n(-c3ccccc3Cl)n2)N(C)C)c1. The molecule has 0 saturated heterocycles. The molecule has 1 N–H and O–H groups in total. The molecule has 29 heavy (non-hydrogen) atoms. The predicted octanol–water partition coefficient (Wildman–Crippen LogP) is 3.27. The van der Waals surface area contributed by atoms with Gasteiger partial charge in [-0.05, 0) is 50.8 Å². The zero-order valence-electron chi connectivity index (χ0n) is 16.9. The van der Waals surface area contributed by atoms with E-state index in [9.17, 15) is 4.79 Å². The summed E-state index contributed by atoms with van der Waals surface area (Å²) in [5.41, 5.74) is 1.72. The van der Waals surface area contributed by atoms with Crippen LogP contribution in [0.4, 0.5) is 0 Å². The third-order valence-electron chi connectivity index (χ3n) is 4.61. The molecular weight excluding hydrogens is 390 g/mol. The van der Waals surface area contributed by atoms with E-state index in [1.807, 2.05) is 61.5 Å². The summed E-state index contributed by atoms with van der Waals surface area (Å²) in [4.78, 5) is 19.0. The van der Waals surface area contributed by atoms with E-state index in [0.29, 0.717) is 23.1 Å². The van der Waals surface area contributed by atoms with Crippen molar-refractivity contribution in [2.45, 2.75) is 13.0 Å². The van der Waals surface area contributed by atoms with E-state index in [4.69, 9.17) is 16.3 Å². The molecule has 2 aromatic carbocycles. The van der Waals surface area contributed by atoms with Gasteiger partial charge in [0.05, 0.1) is 23.9 Å². The van der Waals surface area contributed by atoms with Crippen LogP contribution in [0.3, 0.4) is 0 Å². The average Bonchev–Trinajstić information content (AvgIpc) is 3.10. The van der Waals surface area contributed by atoms with Gasteiger partial charge in [-0.15, -0.1) is 5.10 Å². The summed E-state index contributed by atoms with van der Waals surface area (Å²) in [7, 11) is 5.56. The van der Waals surface area contributed by atoms with Gasteiger partial charge in [0, 0.05) is 6.54 Å². The normalized spacial score (nSPS) is 12.1. The fourth-order valence-corrected chi connectivity index (χ4v) is 3.27. The molecule has 0 saturated carbocycles. The number of para-hydroxylation sites is 1. The average molecular weight is 414 g/mol.